The summed E-state index contributed by atoms with van der Waals surface area (Å²) in [6.45, 7) is 1.94. The number of benzene rings is 1. The van der Waals surface area contributed by atoms with Gasteiger partial charge in [-0.25, -0.2) is 0 Å². The molecule has 3 N–H and O–H groups in total. The lowest BCUT2D eigenvalue weighted by molar-refractivity contribution is 0.405. The van der Waals surface area contributed by atoms with Crippen LogP contribution in [0.1, 0.15) is 12.0 Å². The first-order valence-corrected chi connectivity index (χ1v) is 5.31. The standard InChI is InChI=1S/C12H18N4/c1-16(2)7-3-6-15-11-4-5-12(14)10(8-11)9-13/h4-5,8,15H,3,6-7,14H2,1-2H3. The van der Waals surface area contributed by atoms with Crippen molar-refractivity contribution < 1.29 is 0 Å². The molecule has 0 aliphatic rings. The number of hydrogen-bond donors (Lipinski definition) is 2. The molecule has 0 radical (unpaired) electrons. The summed E-state index contributed by atoms with van der Waals surface area (Å²) in [7, 11) is 4.11. The van der Waals surface area contributed by atoms with E-state index in [9.17, 15) is 0 Å². The van der Waals surface area contributed by atoms with Crippen molar-refractivity contribution in [3.8, 4) is 6.07 Å². The fraction of sp³-hybridized carbons (Fsp3) is 0.417. The lowest BCUT2D eigenvalue weighted by Gasteiger charge is -2.11. The van der Waals surface area contributed by atoms with Gasteiger partial charge < -0.3 is 16.0 Å². The van der Waals surface area contributed by atoms with Crippen molar-refractivity contribution in [1.82, 2.24) is 4.90 Å². The number of nitrogens with zero attached hydrogens (tertiary/aromatic N) is 2. The maximum Gasteiger partial charge on any atom is 0.101 e. The number of nitrogens with two attached hydrogens (primary N) is 1. The number of nitrogen functional groups attached to an aromatic ring is 1. The van der Waals surface area contributed by atoms with Gasteiger partial charge >= 0.3 is 0 Å². The Balaban J connectivity index is 2.46. The van der Waals surface area contributed by atoms with Gasteiger partial charge in [0.2, 0.25) is 0 Å². The van der Waals surface area contributed by atoms with Gasteiger partial charge in [-0.15, -0.1) is 0 Å². The van der Waals surface area contributed by atoms with E-state index in [0.29, 0.717) is 11.3 Å². The van der Waals surface area contributed by atoms with Crippen molar-refractivity contribution in [2.45, 2.75) is 6.42 Å². The minimum absolute atomic E-state index is 0.526. The van der Waals surface area contributed by atoms with E-state index in [1.165, 1.54) is 0 Å². The first kappa shape index (κ1) is 12.3. The first-order valence-electron chi connectivity index (χ1n) is 5.31. The summed E-state index contributed by atoms with van der Waals surface area (Å²) in [6, 6.07) is 7.51. The average molecular weight is 218 g/mol. The molecule has 0 saturated heterocycles. The van der Waals surface area contributed by atoms with Crippen molar-refractivity contribution >= 4 is 11.4 Å². The molecule has 4 nitrogen and oxygen atoms in total. The minimum Gasteiger partial charge on any atom is -0.398 e. The van der Waals surface area contributed by atoms with Gasteiger partial charge in [0.25, 0.3) is 0 Å². The highest BCUT2D eigenvalue weighted by Gasteiger charge is 1.99. The van der Waals surface area contributed by atoms with Gasteiger partial charge in [0.05, 0.1) is 5.56 Å². The summed E-state index contributed by atoms with van der Waals surface area (Å²) >= 11 is 0. The van der Waals surface area contributed by atoms with Crippen LogP contribution in [-0.2, 0) is 0 Å². The van der Waals surface area contributed by atoms with Crippen molar-refractivity contribution in [2.24, 2.45) is 0 Å². The van der Waals surface area contributed by atoms with Crippen LogP contribution in [0.15, 0.2) is 18.2 Å². The van der Waals surface area contributed by atoms with E-state index in [4.69, 9.17) is 11.0 Å². The van der Waals surface area contributed by atoms with Crippen molar-refractivity contribution in [1.29, 1.82) is 5.26 Å². The van der Waals surface area contributed by atoms with Gasteiger partial charge in [-0.05, 0) is 45.3 Å². The third-order valence-electron chi connectivity index (χ3n) is 2.28. The van der Waals surface area contributed by atoms with Gasteiger partial charge in [0.15, 0.2) is 0 Å². The van der Waals surface area contributed by atoms with Crippen LogP contribution < -0.4 is 11.1 Å². The van der Waals surface area contributed by atoms with Crippen molar-refractivity contribution in [3.63, 3.8) is 0 Å². The number of nitriles is 1. The van der Waals surface area contributed by atoms with Crippen molar-refractivity contribution in [3.05, 3.63) is 23.8 Å². The zero-order valence-electron chi connectivity index (χ0n) is 9.83. The molecule has 1 rings (SSSR count). The van der Waals surface area contributed by atoms with Gasteiger partial charge in [0, 0.05) is 17.9 Å². The number of hydrogen-bond acceptors (Lipinski definition) is 4. The summed E-state index contributed by atoms with van der Waals surface area (Å²) in [4.78, 5) is 2.14. The monoisotopic (exact) mass is 218 g/mol. The molecule has 0 aromatic heterocycles. The van der Waals surface area contributed by atoms with Crippen LogP contribution in [0.2, 0.25) is 0 Å². The number of anilines is 2. The second kappa shape index (κ2) is 5.99. The zero-order chi connectivity index (χ0) is 12.0. The van der Waals surface area contributed by atoms with E-state index in [2.05, 4.69) is 30.4 Å². The molecule has 0 fully saturated rings. The third kappa shape index (κ3) is 3.79. The summed E-state index contributed by atoms with van der Waals surface area (Å²) in [5.74, 6) is 0. The molecule has 0 aliphatic heterocycles. The number of nitrogens with one attached hydrogen (secondary N) is 1. The fourth-order valence-corrected chi connectivity index (χ4v) is 1.39. The summed E-state index contributed by atoms with van der Waals surface area (Å²) < 4.78 is 0. The Kier molecular flexibility index (Phi) is 4.62. The lowest BCUT2D eigenvalue weighted by Crippen LogP contribution is -2.16. The number of rotatable bonds is 5. The van der Waals surface area contributed by atoms with Gasteiger partial charge in [-0.1, -0.05) is 0 Å². The minimum atomic E-state index is 0.526. The molecule has 1 aromatic carbocycles. The second-order valence-corrected chi connectivity index (χ2v) is 4.00. The Hall–Kier alpha value is -1.73. The molecule has 0 atom stereocenters. The van der Waals surface area contributed by atoms with Crippen LogP contribution in [0.5, 0.6) is 0 Å². The van der Waals surface area contributed by atoms with Gasteiger partial charge in [-0.2, -0.15) is 5.26 Å². The molecular formula is C12H18N4. The highest BCUT2D eigenvalue weighted by Crippen LogP contribution is 2.16. The Labute approximate surface area is 96.7 Å². The van der Waals surface area contributed by atoms with Crippen molar-refractivity contribution in [2.75, 3.05) is 38.2 Å². The predicted octanol–water partition coefficient (Wildman–Crippen LogP) is 1.50. The second-order valence-electron chi connectivity index (χ2n) is 4.00. The molecule has 0 aliphatic carbocycles. The molecule has 0 saturated carbocycles. The highest BCUT2D eigenvalue weighted by atomic mass is 15.1. The smallest absolute Gasteiger partial charge is 0.101 e. The van der Waals surface area contributed by atoms with Crippen LogP contribution in [0.3, 0.4) is 0 Å². The van der Waals surface area contributed by atoms with Crippen LogP contribution in [0, 0.1) is 11.3 Å². The van der Waals surface area contributed by atoms with Crippen LogP contribution in [0.25, 0.3) is 0 Å². The molecule has 16 heavy (non-hydrogen) atoms. The van der Waals surface area contributed by atoms with E-state index < -0.39 is 0 Å². The maximum atomic E-state index is 8.82. The summed E-state index contributed by atoms with van der Waals surface area (Å²) in [5.41, 5.74) is 7.64. The topological polar surface area (TPSA) is 65.1 Å². The van der Waals surface area contributed by atoms with E-state index >= 15 is 0 Å². The molecule has 86 valence electrons. The van der Waals surface area contributed by atoms with E-state index in [-0.39, 0.29) is 0 Å². The molecular weight excluding hydrogens is 200 g/mol. The first-order chi connectivity index (χ1) is 7.63. The molecule has 0 heterocycles. The molecule has 0 bridgehead atoms. The molecule has 0 spiro atoms. The largest absolute Gasteiger partial charge is 0.398 e. The zero-order valence-corrected chi connectivity index (χ0v) is 9.83. The summed E-state index contributed by atoms with van der Waals surface area (Å²) in [6.07, 6.45) is 1.07. The van der Waals surface area contributed by atoms with E-state index in [1.54, 1.807) is 12.1 Å². The Morgan fingerprint density at radius 1 is 1.44 bits per heavy atom. The normalized spacial score (nSPS) is 10.1. The Morgan fingerprint density at radius 2 is 2.19 bits per heavy atom. The summed E-state index contributed by atoms with van der Waals surface area (Å²) in [5, 5.41) is 12.1. The Bertz CT molecular complexity index is 379. The van der Waals surface area contributed by atoms with E-state index in [1.807, 2.05) is 6.07 Å². The Morgan fingerprint density at radius 3 is 2.81 bits per heavy atom. The quantitative estimate of drug-likeness (QED) is 0.580. The maximum absolute atomic E-state index is 8.82. The van der Waals surface area contributed by atoms with Gasteiger partial charge in [0.1, 0.15) is 6.07 Å². The SMILES string of the molecule is CN(C)CCCNc1ccc(N)c(C#N)c1. The predicted molar refractivity (Wildman–Crippen MR) is 67.2 cm³/mol. The lowest BCUT2D eigenvalue weighted by atomic mass is 10.2. The molecule has 0 amide bonds. The van der Waals surface area contributed by atoms with E-state index in [0.717, 1.165) is 25.2 Å². The third-order valence-corrected chi connectivity index (χ3v) is 2.28. The average Bonchev–Trinajstić information content (AvgIpc) is 2.26. The highest BCUT2D eigenvalue weighted by molar-refractivity contribution is 5.61. The molecule has 4 heteroatoms. The van der Waals surface area contributed by atoms with Crippen LogP contribution in [0.4, 0.5) is 11.4 Å². The van der Waals surface area contributed by atoms with Crippen LogP contribution >= 0.6 is 0 Å². The van der Waals surface area contributed by atoms with Gasteiger partial charge in [-0.3, -0.25) is 0 Å². The molecule has 1 aromatic rings. The van der Waals surface area contributed by atoms with Crippen LogP contribution in [-0.4, -0.2) is 32.1 Å². The fourth-order valence-electron chi connectivity index (χ4n) is 1.39. The molecule has 0 unspecified atom stereocenters.